The Bertz CT molecular complexity index is 388. The molecule has 5 nitrogen and oxygen atoms in total. The number of hydrogen-bond donors (Lipinski definition) is 3. The average Bonchev–Trinajstić information content (AvgIpc) is 2.99. The quantitative estimate of drug-likeness (QED) is 0.690. The van der Waals surface area contributed by atoms with Crippen LogP contribution in [-0.2, 0) is 0 Å². The Kier molecular flexibility index (Phi) is 2.45. The predicted molar refractivity (Wildman–Crippen MR) is 56.8 cm³/mol. The summed E-state index contributed by atoms with van der Waals surface area (Å²) in [4.78, 5) is 14.8. The molecule has 1 saturated carbocycles. The summed E-state index contributed by atoms with van der Waals surface area (Å²) < 4.78 is 0. The largest absolute Gasteiger partial charge is 0.478 e. The van der Waals surface area contributed by atoms with Gasteiger partial charge in [-0.15, -0.1) is 0 Å². The zero-order chi connectivity index (χ0) is 10.8. The summed E-state index contributed by atoms with van der Waals surface area (Å²) in [5.41, 5.74) is 6.00. The second kappa shape index (κ2) is 3.76. The smallest absolute Gasteiger partial charge is 0.337 e. The van der Waals surface area contributed by atoms with Gasteiger partial charge in [0.2, 0.25) is 0 Å². The number of nitrogen functional groups attached to an aromatic ring is 1. The van der Waals surface area contributed by atoms with E-state index in [1.807, 2.05) is 0 Å². The Morgan fingerprint density at radius 1 is 1.67 bits per heavy atom. The first kappa shape index (κ1) is 9.76. The van der Waals surface area contributed by atoms with Gasteiger partial charge in [-0.1, -0.05) is 0 Å². The minimum absolute atomic E-state index is 0.100. The molecule has 1 aromatic rings. The number of carboxylic acid groups (broad SMARTS) is 1. The van der Waals surface area contributed by atoms with Crippen molar-refractivity contribution in [3.63, 3.8) is 0 Å². The lowest BCUT2D eigenvalue weighted by Crippen LogP contribution is -2.11. The summed E-state index contributed by atoms with van der Waals surface area (Å²) in [6.07, 6.45) is 3.91. The molecule has 1 heterocycles. The number of aromatic carboxylic acids is 1. The van der Waals surface area contributed by atoms with Crippen molar-refractivity contribution in [3.8, 4) is 0 Å². The molecule has 2 rings (SSSR count). The van der Waals surface area contributed by atoms with Crippen LogP contribution in [0, 0.1) is 5.92 Å². The maximum absolute atomic E-state index is 10.8. The highest BCUT2D eigenvalue weighted by molar-refractivity contribution is 5.96. The zero-order valence-electron chi connectivity index (χ0n) is 8.23. The maximum Gasteiger partial charge on any atom is 0.337 e. The van der Waals surface area contributed by atoms with Gasteiger partial charge in [0.1, 0.15) is 5.82 Å². The molecular weight excluding hydrogens is 194 g/mol. The van der Waals surface area contributed by atoms with E-state index >= 15 is 0 Å². The zero-order valence-corrected chi connectivity index (χ0v) is 8.23. The SMILES string of the molecule is Nc1c(C(=O)O)ccnc1NCC1CC1. The van der Waals surface area contributed by atoms with E-state index in [-0.39, 0.29) is 11.3 Å². The topological polar surface area (TPSA) is 88.2 Å². The van der Waals surface area contributed by atoms with Gasteiger partial charge in [-0.05, 0) is 24.8 Å². The Morgan fingerprint density at radius 3 is 3.00 bits per heavy atom. The third-order valence-electron chi connectivity index (χ3n) is 2.48. The molecule has 0 bridgehead atoms. The summed E-state index contributed by atoms with van der Waals surface area (Å²) in [6.45, 7) is 0.820. The first-order chi connectivity index (χ1) is 7.18. The predicted octanol–water partition coefficient (Wildman–Crippen LogP) is 1.18. The number of nitrogens with two attached hydrogens (primary N) is 1. The van der Waals surface area contributed by atoms with E-state index in [0.717, 1.165) is 6.54 Å². The minimum atomic E-state index is -1.02. The molecule has 0 spiro atoms. The highest BCUT2D eigenvalue weighted by Gasteiger charge is 2.21. The van der Waals surface area contributed by atoms with Gasteiger partial charge in [0.05, 0.1) is 11.3 Å². The Hall–Kier alpha value is -1.78. The maximum atomic E-state index is 10.8. The van der Waals surface area contributed by atoms with Gasteiger partial charge in [0, 0.05) is 12.7 Å². The fraction of sp³-hybridized carbons (Fsp3) is 0.400. The second-order valence-corrected chi connectivity index (χ2v) is 3.75. The van der Waals surface area contributed by atoms with Crippen molar-refractivity contribution in [1.82, 2.24) is 4.98 Å². The van der Waals surface area contributed by atoms with Gasteiger partial charge in [0.25, 0.3) is 0 Å². The lowest BCUT2D eigenvalue weighted by atomic mass is 10.2. The van der Waals surface area contributed by atoms with E-state index in [1.165, 1.54) is 25.1 Å². The van der Waals surface area contributed by atoms with Crippen molar-refractivity contribution in [2.75, 3.05) is 17.6 Å². The molecule has 0 atom stereocenters. The molecule has 0 unspecified atom stereocenters. The third kappa shape index (κ3) is 2.18. The van der Waals surface area contributed by atoms with Gasteiger partial charge in [-0.3, -0.25) is 0 Å². The van der Waals surface area contributed by atoms with E-state index in [2.05, 4.69) is 10.3 Å². The minimum Gasteiger partial charge on any atom is -0.478 e. The molecule has 5 heteroatoms. The first-order valence-corrected chi connectivity index (χ1v) is 4.90. The van der Waals surface area contributed by atoms with Gasteiger partial charge in [-0.2, -0.15) is 0 Å². The van der Waals surface area contributed by atoms with Gasteiger partial charge in [-0.25, -0.2) is 9.78 Å². The Balaban J connectivity index is 2.14. The van der Waals surface area contributed by atoms with E-state index in [1.54, 1.807) is 0 Å². The van der Waals surface area contributed by atoms with Crippen molar-refractivity contribution in [3.05, 3.63) is 17.8 Å². The van der Waals surface area contributed by atoms with Crippen molar-refractivity contribution in [1.29, 1.82) is 0 Å². The van der Waals surface area contributed by atoms with Crippen molar-refractivity contribution >= 4 is 17.5 Å². The summed E-state index contributed by atoms with van der Waals surface area (Å²) in [5, 5.41) is 11.9. The van der Waals surface area contributed by atoms with Gasteiger partial charge >= 0.3 is 5.97 Å². The fourth-order valence-corrected chi connectivity index (χ4v) is 1.36. The number of aromatic nitrogens is 1. The first-order valence-electron chi connectivity index (χ1n) is 4.90. The van der Waals surface area contributed by atoms with Crippen LogP contribution in [0.2, 0.25) is 0 Å². The number of carboxylic acids is 1. The molecule has 0 aliphatic heterocycles. The monoisotopic (exact) mass is 207 g/mol. The van der Waals surface area contributed by atoms with Crippen LogP contribution in [0.5, 0.6) is 0 Å². The lowest BCUT2D eigenvalue weighted by molar-refractivity contribution is 0.0698. The summed E-state index contributed by atoms with van der Waals surface area (Å²) in [7, 11) is 0. The number of rotatable bonds is 4. The molecule has 1 aromatic heterocycles. The fourth-order valence-electron chi connectivity index (χ4n) is 1.36. The van der Waals surface area contributed by atoms with Crippen LogP contribution in [0.1, 0.15) is 23.2 Å². The molecule has 80 valence electrons. The van der Waals surface area contributed by atoms with Crippen LogP contribution in [0.3, 0.4) is 0 Å². The van der Waals surface area contributed by atoms with Crippen molar-refractivity contribution < 1.29 is 9.90 Å². The number of anilines is 2. The third-order valence-corrected chi connectivity index (χ3v) is 2.48. The second-order valence-electron chi connectivity index (χ2n) is 3.75. The summed E-state index contributed by atoms with van der Waals surface area (Å²) >= 11 is 0. The number of nitrogens with zero attached hydrogens (tertiary/aromatic N) is 1. The molecular formula is C10H13N3O2. The highest BCUT2D eigenvalue weighted by atomic mass is 16.4. The molecule has 0 aromatic carbocycles. The van der Waals surface area contributed by atoms with Crippen LogP contribution in [0.15, 0.2) is 12.3 Å². The van der Waals surface area contributed by atoms with Crippen molar-refractivity contribution in [2.45, 2.75) is 12.8 Å². The van der Waals surface area contributed by atoms with E-state index in [0.29, 0.717) is 11.7 Å². The van der Waals surface area contributed by atoms with E-state index < -0.39 is 5.97 Å². The number of nitrogens with one attached hydrogen (secondary N) is 1. The molecule has 0 amide bonds. The Morgan fingerprint density at radius 2 is 2.40 bits per heavy atom. The molecule has 0 saturated heterocycles. The van der Waals surface area contributed by atoms with E-state index in [9.17, 15) is 4.79 Å². The van der Waals surface area contributed by atoms with Crippen molar-refractivity contribution in [2.24, 2.45) is 5.92 Å². The number of carbonyl (C=O) groups is 1. The molecule has 1 fully saturated rings. The van der Waals surface area contributed by atoms with Gasteiger partial charge < -0.3 is 16.2 Å². The van der Waals surface area contributed by atoms with Crippen LogP contribution in [-0.4, -0.2) is 22.6 Å². The van der Waals surface area contributed by atoms with Crippen LogP contribution < -0.4 is 11.1 Å². The summed E-state index contributed by atoms with van der Waals surface area (Å²) in [6, 6.07) is 1.40. The summed E-state index contributed by atoms with van der Waals surface area (Å²) in [5.74, 6) is 0.144. The van der Waals surface area contributed by atoms with Crippen LogP contribution >= 0.6 is 0 Å². The standard InChI is InChI=1S/C10H13N3O2/c11-8-7(10(14)15)3-4-12-9(8)13-5-6-1-2-6/h3-4,6H,1-2,5,11H2,(H,12,13)(H,14,15). The highest BCUT2D eigenvalue weighted by Crippen LogP contribution is 2.29. The number of pyridine rings is 1. The Labute approximate surface area is 87.3 Å². The lowest BCUT2D eigenvalue weighted by Gasteiger charge is -2.08. The average molecular weight is 207 g/mol. The van der Waals surface area contributed by atoms with Gasteiger partial charge in [0.15, 0.2) is 0 Å². The molecule has 0 radical (unpaired) electrons. The number of hydrogen-bond acceptors (Lipinski definition) is 4. The van der Waals surface area contributed by atoms with Crippen LogP contribution in [0.4, 0.5) is 11.5 Å². The van der Waals surface area contributed by atoms with E-state index in [4.69, 9.17) is 10.8 Å². The molecule has 4 N–H and O–H groups in total. The van der Waals surface area contributed by atoms with Crippen LogP contribution in [0.25, 0.3) is 0 Å². The normalized spacial score (nSPS) is 14.9. The molecule has 1 aliphatic carbocycles. The molecule has 1 aliphatic rings. The molecule has 15 heavy (non-hydrogen) atoms.